The fraction of sp³-hybridized carbons (Fsp3) is 0.875. The Morgan fingerprint density at radius 2 is 2.14 bits per heavy atom. The van der Waals surface area contributed by atoms with Crippen LogP contribution in [0.25, 0.3) is 0 Å². The fourth-order valence-electron chi connectivity index (χ4n) is 0.983. The summed E-state index contributed by atoms with van der Waals surface area (Å²) in [5, 5.41) is 0. The van der Waals surface area contributed by atoms with Crippen LogP contribution >= 0.6 is 0 Å². The SMILES string of the molecule is CCOC(=O)C1OOC(C)(OCC)O1. The molecule has 1 saturated heterocycles. The van der Waals surface area contributed by atoms with E-state index in [1.807, 2.05) is 0 Å². The van der Waals surface area contributed by atoms with Crippen molar-refractivity contribution in [3.8, 4) is 0 Å². The predicted molar refractivity (Wildman–Crippen MR) is 43.7 cm³/mol. The van der Waals surface area contributed by atoms with Crippen LogP contribution in [0.1, 0.15) is 20.8 Å². The lowest BCUT2D eigenvalue weighted by Crippen LogP contribution is -2.33. The molecule has 2 unspecified atom stereocenters. The van der Waals surface area contributed by atoms with Gasteiger partial charge in [0.15, 0.2) is 0 Å². The Morgan fingerprint density at radius 3 is 2.71 bits per heavy atom. The Hall–Kier alpha value is -0.690. The van der Waals surface area contributed by atoms with E-state index in [0.717, 1.165) is 0 Å². The van der Waals surface area contributed by atoms with Crippen LogP contribution in [0.15, 0.2) is 0 Å². The molecule has 0 saturated carbocycles. The molecule has 1 aliphatic heterocycles. The molecule has 82 valence electrons. The smallest absolute Gasteiger partial charge is 0.366 e. The van der Waals surface area contributed by atoms with Crippen LogP contribution < -0.4 is 0 Å². The highest BCUT2D eigenvalue weighted by atomic mass is 17.3. The molecular weight excluding hydrogens is 192 g/mol. The summed E-state index contributed by atoms with van der Waals surface area (Å²) in [4.78, 5) is 20.5. The van der Waals surface area contributed by atoms with Crippen molar-refractivity contribution < 1.29 is 28.8 Å². The van der Waals surface area contributed by atoms with Crippen molar-refractivity contribution in [3.63, 3.8) is 0 Å². The minimum absolute atomic E-state index is 0.257. The van der Waals surface area contributed by atoms with Crippen LogP contribution in [0.5, 0.6) is 0 Å². The summed E-state index contributed by atoms with van der Waals surface area (Å²) in [5.41, 5.74) is 0. The average molecular weight is 206 g/mol. The van der Waals surface area contributed by atoms with Crippen molar-refractivity contribution in [1.29, 1.82) is 0 Å². The van der Waals surface area contributed by atoms with E-state index < -0.39 is 18.2 Å². The number of esters is 1. The number of rotatable bonds is 4. The van der Waals surface area contributed by atoms with Gasteiger partial charge >= 0.3 is 11.9 Å². The van der Waals surface area contributed by atoms with Crippen LogP contribution in [0, 0.1) is 0 Å². The summed E-state index contributed by atoms with van der Waals surface area (Å²) >= 11 is 0. The molecule has 0 N–H and O–H groups in total. The van der Waals surface area contributed by atoms with Crippen molar-refractivity contribution in [2.75, 3.05) is 13.2 Å². The highest BCUT2D eigenvalue weighted by molar-refractivity contribution is 5.73. The Morgan fingerprint density at radius 1 is 1.43 bits per heavy atom. The number of hydrogen-bond acceptors (Lipinski definition) is 6. The van der Waals surface area contributed by atoms with Gasteiger partial charge in [0.05, 0.1) is 6.61 Å². The van der Waals surface area contributed by atoms with Crippen LogP contribution in [0.2, 0.25) is 0 Å². The van der Waals surface area contributed by atoms with E-state index >= 15 is 0 Å². The first-order chi connectivity index (χ1) is 6.61. The van der Waals surface area contributed by atoms with E-state index in [-0.39, 0.29) is 6.61 Å². The lowest BCUT2D eigenvalue weighted by Gasteiger charge is -2.18. The van der Waals surface area contributed by atoms with Gasteiger partial charge in [0, 0.05) is 13.5 Å². The number of carbonyl (C=O) groups is 1. The molecule has 1 fully saturated rings. The van der Waals surface area contributed by atoms with Gasteiger partial charge in [-0.05, 0) is 13.8 Å². The minimum Gasteiger partial charge on any atom is -0.462 e. The fourth-order valence-corrected chi connectivity index (χ4v) is 0.983. The van der Waals surface area contributed by atoms with Crippen molar-refractivity contribution in [1.82, 2.24) is 0 Å². The average Bonchev–Trinajstić information content (AvgIpc) is 2.49. The first kappa shape index (κ1) is 11.4. The lowest BCUT2D eigenvalue weighted by molar-refractivity contribution is -0.405. The summed E-state index contributed by atoms with van der Waals surface area (Å²) < 4.78 is 14.8. The largest absolute Gasteiger partial charge is 0.462 e. The zero-order valence-corrected chi connectivity index (χ0v) is 8.44. The maximum Gasteiger partial charge on any atom is 0.366 e. The molecule has 1 heterocycles. The Kier molecular flexibility index (Phi) is 3.82. The lowest BCUT2D eigenvalue weighted by atomic mass is 10.6. The van der Waals surface area contributed by atoms with Crippen LogP contribution in [0.3, 0.4) is 0 Å². The minimum atomic E-state index is -1.33. The van der Waals surface area contributed by atoms with Gasteiger partial charge in [-0.3, -0.25) is 4.74 Å². The van der Waals surface area contributed by atoms with Crippen molar-refractivity contribution in [3.05, 3.63) is 0 Å². The maximum atomic E-state index is 11.1. The monoisotopic (exact) mass is 206 g/mol. The molecule has 1 rings (SSSR count). The van der Waals surface area contributed by atoms with Gasteiger partial charge in [0.25, 0.3) is 6.29 Å². The third-order valence-corrected chi connectivity index (χ3v) is 1.49. The van der Waals surface area contributed by atoms with Gasteiger partial charge < -0.3 is 9.47 Å². The van der Waals surface area contributed by atoms with E-state index in [1.165, 1.54) is 6.92 Å². The van der Waals surface area contributed by atoms with Gasteiger partial charge in [-0.25, -0.2) is 4.79 Å². The number of hydrogen-bond donors (Lipinski definition) is 0. The quantitative estimate of drug-likeness (QED) is 0.494. The van der Waals surface area contributed by atoms with Crippen LogP contribution in [-0.2, 0) is 28.8 Å². The van der Waals surface area contributed by atoms with Gasteiger partial charge in [-0.15, -0.1) is 0 Å². The summed E-state index contributed by atoms with van der Waals surface area (Å²) in [6, 6.07) is 0. The van der Waals surface area contributed by atoms with Crippen molar-refractivity contribution in [2.24, 2.45) is 0 Å². The molecule has 0 bridgehead atoms. The number of ether oxygens (including phenoxy) is 3. The molecule has 0 amide bonds. The normalized spacial score (nSPS) is 31.8. The van der Waals surface area contributed by atoms with Gasteiger partial charge in [-0.1, -0.05) is 0 Å². The van der Waals surface area contributed by atoms with E-state index in [4.69, 9.17) is 14.4 Å². The van der Waals surface area contributed by atoms with E-state index in [0.29, 0.717) is 6.61 Å². The topological polar surface area (TPSA) is 63.2 Å². The first-order valence-corrected chi connectivity index (χ1v) is 4.44. The second-order valence-corrected chi connectivity index (χ2v) is 2.68. The molecule has 0 radical (unpaired) electrons. The third kappa shape index (κ3) is 2.65. The Balaban J connectivity index is 2.43. The highest BCUT2D eigenvalue weighted by Gasteiger charge is 2.44. The molecular formula is C8H14O6. The third-order valence-electron chi connectivity index (χ3n) is 1.49. The first-order valence-electron chi connectivity index (χ1n) is 4.44. The summed E-state index contributed by atoms with van der Waals surface area (Å²) in [7, 11) is 0. The summed E-state index contributed by atoms with van der Waals surface area (Å²) in [5.74, 6) is -1.96. The molecule has 2 atom stereocenters. The van der Waals surface area contributed by atoms with E-state index in [2.05, 4.69) is 9.62 Å². The van der Waals surface area contributed by atoms with Gasteiger partial charge in [0.2, 0.25) is 0 Å². The zero-order valence-electron chi connectivity index (χ0n) is 8.44. The molecule has 0 aliphatic carbocycles. The summed E-state index contributed by atoms with van der Waals surface area (Å²) in [6.45, 7) is 5.61. The Labute approximate surface area is 81.9 Å². The highest BCUT2D eigenvalue weighted by Crippen LogP contribution is 2.26. The van der Waals surface area contributed by atoms with Crippen molar-refractivity contribution >= 4 is 5.97 Å². The molecule has 0 spiro atoms. The van der Waals surface area contributed by atoms with Gasteiger partial charge in [-0.2, -0.15) is 9.78 Å². The van der Waals surface area contributed by atoms with E-state index in [1.54, 1.807) is 13.8 Å². The molecule has 0 aromatic rings. The van der Waals surface area contributed by atoms with Crippen LogP contribution in [-0.4, -0.2) is 31.4 Å². The zero-order chi connectivity index (χ0) is 10.6. The second-order valence-electron chi connectivity index (χ2n) is 2.68. The van der Waals surface area contributed by atoms with Crippen molar-refractivity contribution in [2.45, 2.75) is 33.0 Å². The molecule has 14 heavy (non-hydrogen) atoms. The molecule has 0 aromatic heterocycles. The van der Waals surface area contributed by atoms with Gasteiger partial charge in [0.1, 0.15) is 0 Å². The van der Waals surface area contributed by atoms with Crippen LogP contribution in [0.4, 0.5) is 0 Å². The summed E-state index contributed by atoms with van der Waals surface area (Å²) in [6.07, 6.45) is -1.17. The Bertz CT molecular complexity index is 206. The number of carbonyl (C=O) groups excluding carboxylic acids is 1. The van der Waals surface area contributed by atoms with E-state index in [9.17, 15) is 4.79 Å². The molecule has 6 heteroatoms. The second kappa shape index (κ2) is 4.70. The molecule has 1 aliphatic rings. The molecule has 6 nitrogen and oxygen atoms in total. The standard InChI is InChI=1S/C8H14O6/c1-4-10-6(9)7-12-8(3,11-5-2)14-13-7/h7H,4-5H2,1-3H3. The predicted octanol–water partition coefficient (Wildman–Crippen LogP) is 0.564. The maximum absolute atomic E-state index is 11.1. The molecule has 0 aromatic carbocycles.